The van der Waals surface area contributed by atoms with Crippen LogP contribution in [0, 0.1) is 0 Å². The van der Waals surface area contributed by atoms with E-state index in [2.05, 4.69) is 15.9 Å². The van der Waals surface area contributed by atoms with Gasteiger partial charge in [-0.05, 0) is 36.2 Å². The quantitative estimate of drug-likeness (QED) is 0.797. The number of halogens is 3. The molecule has 0 bridgehead atoms. The molecule has 4 heteroatoms. The molecule has 0 saturated carbocycles. The highest BCUT2D eigenvalue weighted by Crippen LogP contribution is 2.33. The van der Waals surface area contributed by atoms with E-state index < -0.39 is 5.60 Å². The lowest BCUT2D eigenvalue weighted by Gasteiger charge is -2.25. The maximum absolute atomic E-state index is 10.7. The van der Waals surface area contributed by atoms with Crippen LogP contribution >= 0.6 is 39.1 Å². The van der Waals surface area contributed by atoms with E-state index in [1.165, 1.54) is 0 Å². The minimum atomic E-state index is -1.00. The van der Waals surface area contributed by atoms with E-state index in [0.29, 0.717) is 16.5 Å². The van der Waals surface area contributed by atoms with Gasteiger partial charge in [-0.3, -0.25) is 0 Å². The molecular formula is C15H13BrCl2O. The molecule has 19 heavy (non-hydrogen) atoms. The van der Waals surface area contributed by atoms with Crippen LogP contribution in [0.15, 0.2) is 46.9 Å². The molecule has 2 aromatic carbocycles. The second kappa shape index (κ2) is 5.84. The van der Waals surface area contributed by atoms with Crippen LogP contribution in [0.2, 0.25) is 10.0 Å². The van der Waals surface area contributed by atoms with E-state index >= 15 is 0 Å². The Labute approximate surface area is 131 Å². The number of rotatable bonds is 3. The van der Waals surface area contributed by atoms with E-state index in [1.54, 1.807) is 19.1 Å². The van der Waals surface area contributed by atoms with Crippen molar-refractivity contribution in [2.24, 2.45) is 0 Å². The topological polar surface area (TPSA) is 20.2 Å². The maximum Gasteiger partial charge on any atom is 0.0920 e. The molecule has 0 amide bonds. The van der Waals surface area contributed by atoms with Crippen molar-refractivity contribution in [2.45, 2.75) is 18.9 Å². The standard InChI is InChI=1S/C15H13BrCl2O/c1-15(19,12-4-2-3-5-13(12)16)9-10-6-7-11(17)8-14(10)18/h2-8,19H,9H2,1H3. The Bertz CT molecular complexity index is 596. The van der Waals surface area contributed by atoms with Crippen molar-refractivity contribution in [1.82, 2.24) is 0 Å². The van der Waals surface area contributed by atoms with Gasteiger partial charge in [-0.1, -0.05) is 63.4 Å². The molecule has 0 aliphatic rings. The molecular weight excluding hydrogens is 347 g/mol. The van der Waals surface area contributed by atoms with Crippen molar-refractivity contribution in [1.29, 1.82) is 0 Å². The largest absolute Gasteiger partial charge is 0.385 e. The van der Waals surface area contributed by atoms with Crippen molar-refractivity contribution >= 4 is 39.1 Å². The molecule has 1 unspecified atom stereocenters. The van der Waals surface area contributed by atoms with Gasteiger partial charge in [-0.2, -0.15) is 0 Å². The molecule has 0 aliphatic heterocycles. The van der Waals surface area contributed by atoms with Crippen LogP contribution in [0.25, 0.3) is 0 Å². The van der Waals surface area contributed by atoms with Crippen molar-refractivity contribution in [3.63, 3.8) is 0 Å². The van der Waals surface area contributed by atoms with Gasteiger partial charge in [-0.15, -0.1) is 0 Å². The lowest BCUT2D eigenvalue weighted by Crippen LogP contribution is -2.25. The van der Waals surface area contributed by atoms with Crippen molar-refractivity contribution < 1.29 is 5.11 Å². The van der Waals surface area contributed by atoms with Gasteiger partial charge in [0.15, 0.2) is 0 Å². The molecule has 0 aromatic heterocycles. The summed E-state index contributed by atoms with van der Waals surface area (Å²) >= 11 is 15.5. The van der Waals surface area contributed by atoms with Gasteiger partial charge in [0, 0.05) is 20.9 Å². The molecule has 0 radical (unpaired) electrons. The molecule has 2 aromatic rings. The molecule has 0 spiro atoms. The number of hydrogen-bond acceptors (Lipinski definition) is 1. The highest BCUT2D eigenvalue weighted by molar-refractivity contribution is 9.10. The fourth-order valence-corrected chi connectivity index (χ4v) is 3.22. The lowest BCUT2D eigenvalue weighted by atomic mass is 9.89. The van der Waals surface area contributed by atoms with Crippen molar-refractivity contribution in [2.75, 3.05) is 0 Å². The van der Waals surface area contributed by atoms with Crippen LogP contribution in [-0.2, 0) is 12.0 Å². The summed E-state index contributed by atoms with van der Waals surface area (Å²) in [5.41, 5.74) is 0.699. The summed E-state index contributed by atoms with van der Waals surface area (Å²) in [5.74, 6) is 0. The molecule has 0 aliphatic carbocycles. The van der Waals surface area contributed by atoms with Crippen LogP contribution in [0.4, 0.5) is 0 Å². The first-order chi connectivity index (χ1) is 8.90. The average Bonchev–Trinajstić information content (AvgIpc) is 2.33. The van der Waals surface area contributed by atoms with Crippen LogP contribution in [-0.4, -0.2) is 5.11 Å². The van der Waals surface area contributed by atoms with Gasteiger partial charge in [0.1, 0.15) is 0 Å². The zero-order chi connectivity index (χ0) is 14.0. The number of benzene rings is 2. The number of hydrogen-bond donors (Lipinski definition) is 1. The maximum atomic E-state index is 10.7. The van der Waals surface area contributed by atoms with Gasteiger partial charge in [0.25, 0.3) is 0 Å². The predicted octanol–water partition coefficient (Wildman–Crippen LogP) is 5.21. The fraction of sp³-hybridized carbons (Fsp3) is 0.200. The average molecular weight is 360 g/mol. The van der Waals surface area contributed by atoms with Crippen LogP contribution in [0.3, 0.4) is 0 Å². The van der Waals surface area contributed by atoms with Gasteiger partial charge in [0.05, 0.1) is 5.60 Å². The monoisotopic (exact) mass is 358 g/mol. The van der Waals surface area contributed by atoms with Crippen molar-refractivity contribution in [3.8, 4) is 0 Å². The molecule has 0 saturated heterocycles. The predicted molar refractivity (Wildman–Crippen MR) is 83.9 cm³/mol. The van der Waals surface area contributed by atoms with E-state index in [-0.39, 0.29) is 0 Å². The van der Waals surface area contributed by atoms with E-state index in [0.717, 1.165) is 15.6 Å². The third-order valence-corrected chi connectivity index (χ3v) is 4.28. The smallest absolute Gasteiger partial charge is 0.0920 e. The Balaban J connectivity index is 2.33. The first kappa shape index (κ1) is 14.9. The normalized spacial score (nSPS) is 14.2. The van der Waals surface area contributed by atoms with Crippen molar-refractivity contribution in [3.05, 3.63) is 68.1 Å². The first-order valence-electron chi connectivity index (χ1n) is 5.81. The summed E-state index contributed by atoms with van der Waals surface area (Å²) < 4.78 is 0.880. The molecule has 2 rings (SSSR count). The second-order valence-corrected chi connectivity index (χ2v) is 6.36. The highest BCUT2D eigenvalue weighted by Gasteiger charge is 2.26. The molecule has 0 fully saturated rings. The van der Waals surface area contributed by atoms with Crippen LogP contribution < -0.4 is 0 Å². The summed E-state index contributed by atoms with van der Waals surface area (Å²) in [7, 11) is 0. The Morgan fingerprint density at radius 1 is 1.16 bits per heavy atom. The SMILES string of the molecule is CC(O)(Cc1ccc(Cl)cc1Cl)c1ccccc1Br. The van der Waals surface area contributed by atoms with E-state index in [1.807, 2.05) is 30.3 Å². The summed E-state index contributed by atoms with van der Waals surface area (Å²) in [6, 6.07) is 12.9. The molecule has 100 valence electrons. The minimum Gasteiger partial charge on any atom is -0.385 e. The molecule has 1 nitrogen and oxygen atoms in total. The third kappa shape index (κ3) is 3.51. The lowest BCUT2D eigenvalue weighted by molar-refractivity contribution is 0.0569. The molecule has 0 heterocycles. The zero-order valence-corrected chi connectivity index (χ0v) is 13.4. The zero-order valence-electron chi connectivity index (χ0n) is 10.3. The molecule has 1 N–H and O–H groups in total. The Kier molecular flexibility index (Phi) is 4.57. The van der Waals surface area contributed by atoms with Gasteiger partial charge in [-0.25, -0.2) is 0 Å². The van der Waals surface area contributed by atoms with Gasteiger partial charge in [0.2, 0.25) is 0 Å². The second-order valence-electron chi connectivity index (χ2n) is 4.67. The van der Waals surface area contributed by atoms with E-state index in [9.17, 15) is 5.11 Å². The highest BCUT2D eigenvalue weighted by atomic mass is 79.9. The van der Waals surface area contributed by atoms with E-state index in [4.69, 9.17) is 23.2 Å². The Morgan fingerprint density at radius 2 is 1.84 bits per heavy atom. The summed E-state index contributed by atoms with van der Waals surface area (Å²) in [6.07, 6.45) is 0.422. The Hall–Kier alpha value is -0.540. The van der Waals surface area contributed by atoms with Gasteiger partial charge >= 0.3 is 0 Å². The molecule has 1 atom stereocenters. The summed E-state index contributed by atoms with van der Waals surface area (Å²) in [6.45, 7) is 1.78. The summed E-state index contributed by atoms with van der Waals surface area (Å²) in [5, 5.41) is 11.9. The third-order valence-electron chi connectivity index (χ3n) is 3.00. The first-order valence-corrected chi connectivity index (χ1v) is 7.36. The number of aliphatic hydroxyl groups is 1. The van der Waals surface area contributed by atoms with Gasteiger partial charge < -0.3 is 5.11 Å². The minimum absolute atomic E-state index is 0.422. The van der Waals surface area contributed by atoms with Crippen LogP contribution in [0.5, 0.6) is 0 Å². The summed E-state index contributed by atoms with van der Waals surface area (Å²) in [4.78, 5) is 0. The fourth-order valence-electron chi connectivity index (χ4n) is 2.03. The Morgan fingerprint density at radius 3 is 2.47 bits per heavy atom. The van der Waals surface area contributed by atoms with Crippen LogP contribution in [0.1, 0.15) is 18.1 Å².